The molecule has 0 fully saturated rings. The van der Waals surface area contributed by atoms with E-state index in [4.69, 9.17) is 0 Å². The smallest absolute Gasteiger partial charge is 0.293 e. The van der Waals surface area contributed by atoms with Crippen LogP contribution in [-0.4, -0.2) is 33.3 Å². The van der Waals surface area contributed by atoms with Crippen LogP contribution in [0.2, 0.25) is 0 Å². The maximum atomic E-state index is 12.5. The van der Waals surface area contributed by atoms with E-state index in [0.29, 0.717) is 18.9 Å². The van der Waals surface area contributed by atoms with E-state index in [9.17, 15) is 9.90 Å². The molecule has 0 bridgehead atoms. The van der Waals surface area contributed by atoms with Gasteiger partial charge in [0.1, 0.15) is 0 Å². The fourth-order valence-electron chi connectivity index (χ4n) is 1.95. The van der Waals surface area contributed by atoms with Gasteiger partial charge in [-0.15, -0.1) is 0 Å². The Balaban J connectivity index is 3.24. The Kier molecular flexibility index (Phi) is 4.40. The summed E-state index contributed by atoms with van der Waals surface area (Å²) in [6, 6.07) is 0. The minimum Gasteiger partial charge on any atom is -0.389 e. The highest BCUT2D eigenvalue weighted by Gasteiger charge is 2.23. The zero-order valence-corrected chi connectivity index (χ0v) is 12.8. The predicted molar refractivity (Wildman–Crippen MR) is 77.7 cm³/mol. The molecule has 1 rings (SSSR count). The molecule has 0 spiro atoms. The van der Waals surface area contributed by atoms with Crippen LogP contribution in [0.25, 0.3) is 0 Å². The predicted octanol–water partition coefficient (Wildman–Crippen LogP) is 1.60. The number of likely N-dealkylation sites (N-methyl/N-ethyl adjacent to an activating group) is 1. The van der Waals surface area contributed by atoms with Crippen LogP contribution in [-0.2, 0) is 5.54 Å². The molecule has 5 heteroatoms. The summed E-state index contributed by atoms with van der Waals surface area (Å²) in [6.07, 6.45) is 3.33. The lowest BCUT2D eigenvalue weighted by Gasteiger charge is -2.30. The summed E-state index contributed by atoms with van der Waals surface area (Å²) in [5.74, 6) is 0.391. The fraction of sp³-hybridized carbons (Fsp3) is 0.714. The zero-order chi connectivity index (χ0) is 14.8. The van der Waals surface area contributed by atoms with Crippen molar-refractivity contribution in [2.24, 2.45) is 0 Å². The molecule has 0 unspecified atom stereocenters. The van der Waals surface area contributed by atoms with Gasteiger partial charge in [0.25, 0.3) is 5.56 Å². The third-order valence-electron chi connectivity index (χ3n) is 2.80. The van der Waals surface area contributed by atoms with E-state index in [0.717, 1.165) is 0 Å². The van der Waals surface area contributed by atoms with Crippen molar-refractivity contribution in [3.8, 4) is 0 Å². The Morgan fingerprint density at radius 1 is 1.32 bits per heavy atom. The summed E-state index contributed by atoms with van der Waals surface area (Å²) in [5.41, 5.74) is -1.28. The van der Waals surface area contributed by atoms with Gasteiger partial charge in [0.15, 0.2) is 5.82 Å². The van der Waals surface area contributed by atoms with Gasteiger partial charge in [-0.05, 0) is 41.5 Å². The molecular formula is C14H25N3O2. The molecule has 0 saturated carbocycles. The molecule has 0 atom stereocenters. The third kappa shape index (κ3) is 4.06. The monoisotopic (exact) mass is 267 g/mol. The van der Waals surface area contributed by atoms with Crippen LogP contribution in [0, 0.1) is 0 Å². The van der Waals surface area contributed by atoms with Crippen molar-refractivity contribution < 1.29 is 5.11 Å². The van der Waals surface area contributed by atoms with E-state index in [1.54, 1.807) is 30.8 Å². The first-order valence-corrected chi connectivity index (χ1v) is 6.62. The third-order valence-corrected chi connectivity index (χ3v) is 2.80. The van der Waals surface area contributed by atoms with Crippen LogP contribution in [0.5, 0.6) is 0 Å². The van der Waals surface area contributed by atoms with E-state index in [1.165, 1.54) is 0 Å². The summed E-state index contributed by atoms with van der Waals surface area (Å²) in [7, 11) is 0. The number of aliphatic hydroxyl groups is 1. The number of hydrogen-bond acceptors (Lipinski definition) is 4. The van der Waals surface area contributed by atoms with Gasteiger partial charge in [-0.25, -0.2) is 4.98 Å². The first kappa shape index (κ1) is 15.7. The van der Waals surface area contributed by atoms with E-state index < -0.39 is 5.60 Å². The van der Waals surface area contributed by atoms with E-state index >= 15 is 0 Å². The molecule has 1 heterocycles. The van der Waals surface area contributed by atoms with Gasteiger partial charge in [0.2, 0.25) is 0 Å². The Labute approximate surface area is 114 Å². The number of rotatable bonds is 4. The van der Waals surface area contributed by atoms with Gasteiger partial charge in [-0.3, -0.25) is 4.79 Å². The molecule has 0 aliphatic rings. The van der Waals surface area contributed by atoms with Crippen molar-refractivity contribution in [3.05, 3.63) is 22.7 Å². The lowest BCUT2D eigenvalue weighted by Crippen LogP contribution is -2.44. The van der Waals surface area contributed by atoms with Crippen molar-refractivity contribution in [1.29, 1.82) is 0 Å². The second-order valence-corrected chi connectivity index (χ2v) is 6.42. The molecule has 19 heavy (non-hydrogen) atoms. The molecule has 5 nitrogen and oxygen atoms in total. The quantitative estimate of drug-likeness (QED) is 0.900. The van der Waals surface area contributed by atoms with E-state index in [1.807, 2.05) is 32.6 Å². The molecule has 1 aromatic heterocycles. The molecule has 0 aliphatic heterocycles. The highest BCUT2D eigenvalue weighted by molar-refractivity contribution is 5.36. The number of anilines is 1. The highest BCUT2D eigenvalue weighted by atomic mass is 16.3. The Hall–Kier alpha value is -1.36. The molecule has 1 N–H and O–H groups in total. The number of aromatic nitrogens is 2. The molecule has 108 valence electrons. The lowest BCUT2D eigenvalue weighted by atomic mass is 10.1. The zero-order valence-electron chi connectivity index (χ0n) is 12.8. The summed E-state index contributed by atoms with van der Waals surface area (Å²) >= 11 is 0. The van der Waals surface area contributed by atoms with Crippen LogP contribution in [0.3, 0.4) is 0 Å². The van der Waals surface area contributed by atoms with Crippen LogP contribution in [0.4, 0.5) is 5.82 Å². The Morgan fingerprint density at radius 3 is 2.32 bits per heavy atom. The first-order valence-electron chi connectivity index (χ1n) is 6.62. The summed E-state index contributed by atoms with van der Waals surface area (Å²) in [6.45, 7) is 12.3. The van der Waals surface area contributed by atoms with Crippen molar-refractivity contribution in [2.75, 3.05) is 18.0 Å². The summed E-state index contributed by atoms with van der Waals surface area (Å²) in [4.78, 5) is 18.5. The molecule has 0 amide bonds. The highest BCUT2D eigenvalue weighted by Crippen LogP contribution is 2.14. The van der Waals surface area contributed by atoms with Crippen molar-refractivity contribution in [2.45, 2.75) is 52.7 Å². The first-order chi connectivity index (χ1) is 8.56. The van der Waals surface area contributed by atoms with Crippen molar-refractivity contribution in [3.63, 3.8) is 0 Å². The topological polar surface area (TPSA) is 58.4 Å². The van der Waals surface area contributed by atoms with Gasteiger partial charge in [-0.2, -0.15) is 0 Å². The average Bonchev–Trinajstić information content (AvgIpc) is 2.23. The minimum atomic E-state index is -0.869. The second kappa shape index (κ2) is 5.33. The average molecular weight is 267 g/mol. The largest absolute Gasteiger partial charge is 0.389 e. The van der Waals surface area contributed by atoms with Gasteiger partial charge in [-0.1, -0.05) is 0 Å². The van der Waals surface area contributed by atoms with Gasteiger partial charge >= 0.3 is 0 Å². The molecule has 0 aliphatic carbocycles. The maximum Gasteiger partial charge on any atom is 0.293 e. The van der Waals surface area contributed by atoms with Crippen LogP contribution in [0.15, 0.2) is 17.2 Å². The molecular weight excluding hydrogens is 242 g/mol. The Bertz CT molecular complexity index is 481. The maximum absolute atomic E-state index is 12.5. The number of nitrogens with zero attached hydrogens (tertiary/aromatic N) is 3. The van der Waals surface area contributed by atoms with E-state index in [-0.39, 0.29) is 11.1 Å². The van der Waals surface area contributed by atoms with Crippen LogP contribution < -0.4 is 10.5 Å². The molecule has 0 radical (unpaired) electrons. The normalized spacial score (nSPS) is 12.6. The van der Waals surface area contributed by atoms with Gasteiger partial charge in [0.05, 0.1) is 5.60 Å². The summed E-state index contributed by atoms with van der Waals surface area (Å²) < 4.78 is 1.67. The van der Waals surface area contributed by atoms with Gasteiger partial charge in [0, 0.05) is 31.0 Å². The second-order valence-electron chi connectivity index (χ2n) is 6.42. The summed E-state index contributed by atoms with van der Waals surface area (Å²) in [5, 5.41) is 9.92. The minimum absolute atomic E-state index is 0.124. The van der Waals surface area contributed by atoms with E-state index in [2.05, 4.69) is 4.98 Å². The van der Waals surface area contributed by atoms with Crippen LogP contribution in [0.1, 0.15) is 41.5 Å². The fourth-order valence-corrected chi connectivity index (χ4v) is 1.95. The SMILES string of the molecule is CCN(CC(C)(C)O)c1nccn(C(C)(C)C)c1=O. The Morgan fingerprint density at radius 2 is 1.89 bits per heavy atom. The molecule has 1 aromatic rings. The molecule has 0 saturated heterocycles. The standard InChI is InChI=1S/C14H25N3O2/c1-7-16(10-14(5,6)19)11-12(18)17(9-8-15-11)13(2,3)4/h8-9,19H,7,10H2,1-6H3. The van der Waals surface area contributed by atoms with Crippen molar-refractivity contribution in [1.82, 2.24) is 9.55 Å². The molecule has 0 aromatic carbocycles. The number of hydrogen-bond donors (Lipinski definition) is 1. The van der Waals surface area contributed by atoms with Crippen molar-refractivity contribution >= 4 is 5.82 Å². The van der Waals surface area contributed by atoms with Gasteiger partial charge < -0.3 is 14.6 Å². The van der Waals surface area contributed by atoms with Crippen LogP contribution >= 0.6 is 0 Å². The lowest BCUT2D eigenvalue weighted by molar-refractivity contribution is 0.0873.